The average Bonchev–Trinajstić information content (AvgIpc) is 2.83. The van der Waals surface area contributed by atoms with E-state index >= 15 is 0 Å². The molecule has 29 heavy (non-hydrogen) atoms. The van der Waals surface area contributed by atoms with Crippen LogP contribution in [0, 0.1) is 22.0 Å². The fourth-order valence-electron chi connectivity index (χ4n) is 7.22. The van der Waals surface area contributed by atoms with Crippen LogP contribution in [0.1, 0.15) is 77.0 Å². The van der Waals surface area contributed by atoms with Crippen LogP contribution >= 0.6 is 0 Å². The molecule has 1 aromatic rings. The summed E-state index contributed by atoms with van der Waals surface area (Å²) >= 11 is 0. The van der Waals surface area contributed by atoms with Crippen LogP contribution in [0.25, 0.3) is 0 Å². The van der Waals surface area contributed by atoms with Gasteiger partial charge in [0.1, 0.15) is 5.69 Å². The molecule has 2 saturated heterocycles. The molecule has 2 heterocycles. The quantitative estimate of drug-likeness (QED) is 0.519. The number of benzene rings is 1. The van der Waals surface area contributed by atoms with E-state index in [-0.39, 0.29) is 10.6 Å². The Morgan fingerprint density at radius 1 is 0.828 bits per heavy atom. The van der Waals surface area contributed by atoms with Gasteiger partial charge in [-0.15, -0.1) is 0 Å². The number of anilines is 1. The molecule has 5 heteroatoms. The zero-order valence-corrected chi connectivity index (χ0v) is 17.5. The van der Waals surface area contributed by atoms with Gasteiger partial charge in [0.25, 0.3) is 5.69 Å². The van der Waals surface area contributed by atoms with Crippen molar-refractivity contribution in [2.24, 2.45) is 11.8 Å². The predicted molar refractivity (Wildman–Crippen MR) is 116 cm³/mol. The van der Waals surface area contributed by atoms with E-state index in [1.54, 1.807) is 12.1 Å². The van der Waals surface area contributed by atoms with Crippen molar-refractivity contribution in [3.05, 3.63) is 34.4 Å². The average molecular weight is 398 g/mol. The first-order chi connectivity index (χ1) is 14.2. The third-order valence-electron chi connectivity index (χ3n) is 8.27. The topological polar surface area (TPSA) is 58.4 Å². The summed E-state index contributed by atoms with van der Waals surface area (Å²) in [5.74, 6) is 1.94. The third-order valence-corrected chi connectivity index (χ3v) is 8.27. The van der Waals surface area contributed by atoms with Gasteiger partial charge in [0.05, 0.1) is 4.92 Å². The molecule has 0 amide bonds. The summed E-state index contributed by atoms with van der Waals surface area (Å²) in [5.41, 5.74) is 0.901. The zero-order valence-electron chi connectivity index (χ0n) is 17.5. The first-order valence-corrected chi connectivity index (χ1v) is 11.9. The van der Waals surface area contributed by atoms with Crippen molar-refractivity contribution >= 4 is 11.4 Å². The van der Waals surface area contributed by atoms with Crippen molar-refractivity contribution in [3.8, 4) is 0 Å². The highest BCUT2D eigenvalue weighted by atomic mass is 16.6. The molecular formula is C24H35N3O2. The van der Waals surface area contributed by atoms with Crippen molar-refractivity contribution in [1.29, 1.82) is 0 Å². The number of nitro benzene ring substituents is 1. The molecule has 2 aliphatic carbocycles. The Balaban J connectivity index is 1.33. The number of hydrogen-bond acceptors (Lipinski definition) is 4. The molecule has 4 bridgehead atoms. The molecule has 5 nitrogen and oxygen atoms in total. The predicted octanol–water partition coefficient (Wildman–Crippen LogP) is 5.75. The molecule has 4 atom stereocenters. The number of para-hydroxylation sites is 2. The summed E-state index contributed by atoms with van der Waals surface area (Å²) in [6.45, 7) is 0. The SMILES string of the molecule is O=[N+]([O-])c1ccccc1NC1CC2CCCCC(C1)N2C1CC2CCCC(C2)C1. The van der Waals surface area contributed by atoms with Gasteiger partial charge in [0, 0.05) is 30.2 Å². The lowest BCUT2D eigenvalue weighted by Gasteiger charge is -2.52. The van der Waals surface area contributed by atoms with Gasteiger partial charge in [-0.2, -0.15) is 0 Å². The van der Waals surface area contributed by atoms with Crippen molar-refractivity contribution in [1.82, 2.24) is 4.90 Å². The minimum atomic E-state index is -0.259. The summed E-state index contributed by atoms with van der Waals surface area (Å²) in [7, 11) is 0. The second-order valence-corrected chi connectivity index (χ2v) is 10.2. The maximum Gasteiger partial charge on any atom is 0.292 e. The molecule has 0 radical (unpaired) electrons. The zero-order chi connectivity index (χ0) is 19.8. The molecule has 2 aliphatic heterocycles. The lowest BCUT2D eigenvalue weighted by atomic mass is 9.69. The maximum absolute atomic E-state index is 11.4. The number of nitrogens with one attached hydrogen (secondary N) is 1. The Morgan fingerprint density at radius 2 is 1.48 bits per heavy atom. The highest BCUT2D eigenvalue weighted by molar-refractivity contribution is 5.61. The number of rotatable bonds is 4. The van der Waals surface area contributed by atoms with Crippen LogP contribution in [0.5, 0.6) is 0 Å². The lowest BCUT2D eigenvalue weighted by Crippen LogP contribution is -2.57. The Labute approximate surface area is 174 Å². The molecule has 4 aliphatic rings. The molecule has 5 rings (SSSR count). The summed E-state index contributed by atoms with van der Waals surface area (Å²) in [6, 6.07) is 9.59. The van der Waals surface area contributed by atoms with Crippen molar-refractivity contribution in [3.63, 3.8) is 0 Å². The molecule has 4 unspecified atom stereocenters. The third kappa shape index (κ3) is 4.03. The number of piperidine rings is 1. The van der Waals surface area contributed by atoms with Gasteiger partial charge < -0.3 is 5.32 Å². The van der Waals surface area contributed by atoms with E-state index in [0.29, 0.717) is 23.8 Å². The van der Waals surface area contributed by atoms with E-state index in [9.17, 15) is 10.1 Å². The van der Waals surface area contributed by atoms with Crippen LogP contribution in [0.4, 0.5) is 11.4 Å². The van der Waals surface area contributed by atoms with Crippen LogP contribution in [0.3, 0.4) is 0 Å². The van der Waals surface area contributed by atoms with Crippen molar-refractivity contribution in [2.45, 2.75) is 101 Å². The van der Waals surface area contributed by atoms with E-state index in [1.165, 1.54) is 64.2 Å². The second kappa shape index (κ2) is 8.25. The fraction of sp³-hybridized carbons (Fsp3) is 0.750. The van der Waals surface area contributed by atoms with Gasteiger partial charge in [-0.1, -0.05) is 44.2 Å². The van der Waals surface area contributed by atoms with E-state index < -0.39 is 0 Å². The Kier molecular flexibility index (Phi) is 5.51. The minimum Gasteiger partial charge on any atom is -0.377 e. The van der Waals surface area contributed by atoms with Crippen LogP contribution in [0.15, 0.2) is 24.3 Å². The number of nitrogens with zero attached hydrogens (tertiary/aromatic N) is 2. The summed E-state index contributed by atoms with van der Waals surface area (Å²) < 4.78 is 0. The van der Waals surface area contributed by atoms with E-state index in [4.69, 9.17) is 0 Å². The highest BCUT2D eigenvalue weighted by Gasteiger charge is 2.44. The molecule has 1 N–H and O–H groups in total. The largest absolute Gasteiger partial charge is 0.377 e. The van der Waals surface area contributed by atoms with Gasteiger partial charge in [-0.05, 0) is 62.8 Å². The molecule has 0 spiro atoms. The molecule has 1 aromatic carbocycles. The molecule has 0 aromatic heterocycles. The van der Waals surface area contributed by atoms with Crippen LogP contribution in [-0.2, 0) is 0 Å². The molecule has 158 valence electrons. The number of nitro groups is 1. The van der Waals surface area contributed by atoms with Crippen LogP contribution < -0.4 is 5.32 Å². The Morgan fingerprint density at radius 3 is 2.14 bits per heavy atom. The Bertz CT molecular complexity index is 711. The summed E-state index contributed by atoms with van der Waals surface area (Å²) in [5, 5.41) is 15.0. The smallest absolute Gasteiger partial charge is 0.292 e. The molecular weight excluding hydrogens is 362 g/mol. The normalized spacial score (nSPS) is 37.5. The van der Waals surface area contributed by atoms with Crippen molar-refractivity contribution in [2.75, 3.05) is 5.32 Å². The van der Waals surface area contributed by atoms with Gasteiger partial charge in [0.2, 0.25) is 0 Å². The first-order valence-electron chi connectivity index (χ1n) is 11.9. The maximum atomic E-state index is 11.4. The first kappa shape index (κ1) is 19.3. The summed E-state index contributed by atoms with van der Waals surface area (Å²) in [6.07, 6.45) is 16.3. The fourth-order valence-corrected chi connectivity index (χ4v) is 7.22. The second-order valence-electron chi connectivity index (χ2n) is 10.2. The Hall–Kier alpha value is -1.62. The van der Waals surface area contributed by atoms with Gasteiger partial charge >= 0.3 is 0 Å². The van der Waals surface area contributed by atoms with Crippen LogP contribution in [0.2, 0.25) is 0 Å². The highest BCUT2D eigenvalue weighted by Crippen LogP contribution is 2.45. The number of hydrogen-bond donors (Lipinski definition) is 1. The van der Waals surface area contributed by atoms with Gasteiger partial charge in [-0.3, -0.25) is 15.0 Å². The van der Waals surface area contributed by atoms with Crippen LogP contribution in [-0.4, -0.2) is 34.0 Å². The molecule has 2 saturated carbocycles. The standard InChI is InChI=1S/C24H35N3O2/c28-27(29)24-11-4-3-10-23(24)25-19-15-20-8-1-2-9-21(16-19)26(20)22-13-17-6-5-7-18(12-17)14-22/h3-4,10-11,17-22,25H,1-2,5-9,12-16H2. The van der Waals surface area contributed by atoms with Gasteiger partial charge in [-0.25, -0.2) is 0 Å². The van der Waals surface area contributed by atoms with E-state index in [2.05, 4.69) is 10.2 Å². The van der Waals surface area contributed by atoms with Crippen molar-refractivity contribution < 1.29 is 4.92 Å². The minimum absolute atomic E-state index is 0.206. The molecule has 4 fully saturated rings. The van der Waals surface area contributed by atoms with Gasteiger partial charge in [0.15, 0.2) is 0 Å². The lowest BCUT2D eigenvalue weighted by molar-refractivity contribution is -0.384. The number of fused-ring (bicyclic) bond motifs is 4. The summed E-state index contributed by atoms with van der Waals surface area (Å²) in [4.78, 5) is 14.1. The monoisotopic (exact) mass is 397 g/mol. The van der Waals surface area contributed by atoms with E-state index in [1.807, 2.05) is 12.1 Å². The van der Waals surface area contributed by atoms with E-state index in [0.717, 1.165) is 30.7 Å².